The summed E-state index contributed by atoms with van der Waals surface area (Å²) in [7, 11) is 0. The predicted molar refractivity (Wildman–Crippen MR) is 98.4 cm³/mol. The zero-order valence-electron chi connectivity index (χ0n) is 13.5. The van der Waals surface area contributed by atoms with E-state index in [2.05, 4.69) is 44.9 Å². The second-order valence-electron chi connectivity index (χ2n) is 5.43. The summed E-state index contributed by atoms with van der Waals surface area (Å²) in [6.45, 7) is 4.09. The molecule has 3 rings (SSSR count). The lowest BCUT2D eigenvalue weighted by molar-refractivity contribution is 0.982. The molecule has 0 unspecified atom stereocenters. The summed E-state index contributed by atoms with van der Waals surface area (Å²) in [5.74, 6) is 1.03. The molecule has 122 valence electrons. The van der Waals surface area contributed by atoms with Gasteiger partial charge in [-0.2, -0.15) is 10.1 Å². The van der Waals surface area contributed by atoms with Crippen LogP contribution in [0.4, 0.5) is 23.1 Å². The number of hydrogen-bond donors (Lipinski definition) is 2. The zero-order chi connectivity index (χ0) is 16.9. The second-order valence-corrected chi connectivity index (χ2v) is 5.84. The van der Waals surface area contributed by atoms with Crippen molar-refractivity contribution in [1.29, 1.82) is 0 Å². The van der Waals surface area contributed by atoms with Gasteiger partial charge in [0.25, 0.3) is 0 Å². The van der Waals surface area contributed by atoms with E-state index < -0.39 is 0 Å². The van der Waals surface area contributed by atoms with E-state index in [1.54, 1.807) is 6.20 Å². The molecule has 3 aromatic rings. The number of nitrogens with zero attached hydrogens (tertiary/aromatic N) is 3. The van der Waals surface area contributed by atoms with Crippen LogP contribution < -0.4 is 10.6 Å². The van der Waals surface area contributed by atoms with Crippen LogP contribution in [0.5, 0.6) is 0 Å². The number of halogens is 1. The van der Waals surface area contributed by atoms with E-state index in [4.69, 9.17) is 11.6 Å². The summed E-state index contributed by atoms with van der Waals surface area (Å²) in [6, 6.07) is 13.9. The summed E-state index contributed by atoms with van der Waals surface area (Å²) in [5, 5.41) is 15.0. The molecule has 24 heavy (non-hydrogen) atoms. The van der Waals surface area contributed by atoms with Gasteiger partial charge in [-0.1, -0.05) is 36.7 Å². The highest BCUT2D eigenvalue weighted by atomic mass is 35.5. The van der Waals surface area contributed by atoms with Crippen LogP contribution in [0.2, 0.25) is 5.02 Å². The summed E-state index contributed by atoms with van der Waals surface area (Å²) >= 11 is 6.13. The first-order chi connectivity index (χ1) is 11.6. The summed E-state index contributed by atoms with van der Waals surface area (Å²) in [5.41, 5.74) is 4.08. The van der Waals surface area contributed by atoms with E-state index in [-0.39, 0.29) is 0 Å². The van der Waals surface area contributed by atoms with E-state index in [0.29, 0.717) is 16.8 Å². The summed E-state index contributed by atoms with van der Waals surface area (Å²) < 4.78 is 0. The Morgan fingerprint density at radius 1 is 1.00 bits per heavy atom. The first-order valence-electron chi connectivity index (χ1n) is 7.73. The molecule has 0 spiro atoms. The van der Waals surface area contributed by atoms with Crippen molar-refractivity contribution in [2.24, 2.45) is 0 Å². The number of benzene rings is 2. The average molecular weight is 340 g/mol. The van der Waals surface area contributed by atoms with Gasteiger partial charge in [-0.15, -0.1) is 5.10 Å². The van der Waals surface area contributed by atoms with Crippen LogP contribution in [-0.2, 0) is 6.42 Å². The molecular weight excluding hydrogens is 322 g/mol. The molecule has 0 amide bonds. The molecule has 2 N–H and O–H groups in total. The number of aryl methyl sites for hydroxylation is 2. The van der Waals surface area contributed by atoms with Gasteiger partial charge in [0.2, 0.25) is 5.95 Å². The minimum absolute atomic E-state index is 0.407. The topological polar surface area (TPSA) is 62.7 Å². The lowest BCUT2D eigenvalue weighted by Crippen LogP contribution is -2.02. The number of hydrogen-bond acceptors (Lipinski definition) is 5. The first-order valence-corrected chi connectivity index (χ1v) is 8.10. The van der Waals surface area contributed by atoms with Crippen molar-refractivity contribution in [2.45, 2.75) is 20.3 Å². The molecule has 0 saturated carbocycles. The monoisotopic (exact) mass is 339 g/mol. The average Bonchev–Trinajstić information content (AvgIpc) is 2.59. The molecule has 0 aliphatic rings. The van der Waals surface area contributed by atoms with Crippen LogP contribution in [0, 0.1) is 6.92 Å². The molecule has 1 aromatic heterocycles. The van der Waals surface area contributed by atoms with Crippen LogP contribution in [0.25, 0.3) is 0 Å². The molecule has 1 heterocycles. The van der Waals surface area contributed by atoms with Crippen molar-refractivity contribution in [3.05, 3.63) is 64.8 Å². The Balaban J connectivity index is 1.74. The van der Waals surface area contributed by atoms with Crippen molar-refractivity contribution in [3.63, 3.8) is 0 Å². The number of aromatic nitrogens is 3. The summed E-state index contributed by atoms with van der Waals surface area (Å²) in [4.78, 5) is 4.42. The highest BCUT2D eigenvalue weighted by Gasteiger charge is 2.04. The smallest absolute Gasteiger partial charge is 0.249 e. The lowest BCUT2D eigenvalue weighted by atomic mass is 10.1. The first kappa shape index (κ1) is 16.2. The van der Waals surface area contributed by atoms with E-state index in [1.807, 2.05) is 37.3 Å². The van der Waals surface area contributed by atoms with E-state index >= 15 is 0 Å². The van der Waals surface area contributed by atoms with Crippen molar-refractivity contribution >= 4 is 34.7 Å². The van der Waals surface area contributed by atoms with Crippen LogP contribution in [0.15, 0.2) is 48.7 Å². The van der Waals surface area contributed by atoms with Crippen LogP contribution >= 0.6 is 11.6 Å². The Morgan fingerprint density at radius 2 is 1.75 bits per heavy atom. The Kier molecular flexibility index (Phi) is 4.91. The third kappa shape index (κ3) is 4.00. The molecule has 0 fully saturated rings. The third-order valence-electron chi connectivity index (χ3n) is 3.62. The maximum Gasteiger partial charge on any atom is 0.249 e. The van der Waals surface area contributed by atoms with Gasteiger partial charge in [0.1, 0.15) is 0 Å². The molecule has 0 atom stereocenters. The fraction of sp³-hybridized carbons (Fsp3) is 0.167. The molecule has 0 radical (unpaired) electrons. The van der Waals surface area contributed by atoms with Gasteiger partial charge in [-0.05, 0) is 48.7 Å². The van der Waals surface area contributed by atoms with Gasteiger partial charge < -0.3 is 10.6 Å². The fourth-order valence-electron chi connectivity index (χ4n) is 2.19. The van der Waals surface area contributed by atoms with E-state index in [9.17, 15) is 0 Å². The number of anilines is 4. The maximum atomic E-state index is 6.13. The van der Waals surface area contributed by atoms with Gasteiger partial charge in [0.15, 0.2) is 5.82 Å². The van der Waals surface area contributed by atoms with Crippen LogP contribution in [-0.4, -0.2) is 15.2 Å². The quantitative estimate of drug-likeness (QED) is 0.693. The minimum Gasteiger partial charge on any atom is -0.339 e. The third-order valence-corrected chi connectivity index (χ3v) is 4.03. The normalized spacial score (nSPS) is 10.5. The Bertz CT molecular complexity index is 833. The number of nitrogens with one attached hydrogen (secondary N) is 2. The lowest BCUT2D eigenvalue weighted by Gasteiger charge is -2.09. The Labute approximate surface area is 146 Å². The minimum atomic E-state index is 0.407. The molecule has 5 nitrogen and oxygen atoms in total. The SMILES string of the molecule is CCc1ccc(Nc2cnnc(Nc3ccc(C)c(Cl)c3)n2)cc1. The molecular formula is C18H18ClN5. The molecule has 0 saturated heterocycles. The highest BCUT2D eigenvalue weighted by molar-refractivity contribution is 6.31. The van der Waals surface area contributed by atoms with Crippen molar-refractivity contribution in [3.8, 4) is 0 Å². The highest BCUT2D eigenvalue weighted by Crippen LogP contribution is 2.22. The van der Waals surface area contributed by atoms with Gasteiger partial charge in [0.05, 0.1) is 6.20 Å². The van der Waals surface area contributed by atoms with Crippen molar-refractivity contribution in [2.75, 3.05) is 10.6 Å². The molecule has 0 bridgehead atoms. The van der Waals surface area contributed by atoms with Crippen molar-refractivity contribution in [1.82, 2.24) is 15.2 Å². The summed E-state index contributed by atoms with van der Waals surface area (Å²) in [6.07, 6.45) is 2.60. The van der Waals surface area contributed by atoms with Crippen molar-refractivity contribution < 1.29 is 0 Å². The predicted octanol–water partition coefficient (Wildman–Crippen LogP) is 4.88. The van der Waals surface area contributed by atoms with E-state index in [1.165, 1.54) is 5.56 Å². The second kappa shape index (κ2) is 7.27. The van der Waals surface area contributed by atoms with Crippen LogP contribution in [0.3, 0.4) is 0 Å². The van der Waals surface area contributed by atoms with Gasteiger partial charge in [-0.25, -0.2) is 0 Å². The Morgan fingerprint density at radius 3 is 2.46 bits per heavy atom. The molecule has 0 aliphatic heterocycles. The largest absolute Gasteiger partial charge is 0.339 e. The number of rotatable bonds is 5. The molecule has 6 heteroatoms. The molecule has 2 aromatic carbocycles. The van der Waals surface area contributed by atoms with Gasteiger partial charge in [-0.3, -0.25) is 0 Å². The van der Waals surface area contributed by atoms with Gasteiger partial charge >= 0.3 is 0 Å². The fourth-order valence-corrected chi connectivity index (χ4v) is 2.37. The Hall–Kier alpha value is -2.66. The van der Waals surface area contributed by atoms with Crippen LogP contribution in [0.1, 0.15) is 18.1 Å². The zero-order valence-corrected chi connectivity index (χ0v) is 14.3. The van der Waals surface area contributed by atoms with E-state index in [0.717, 1.165) is 23.4 Å². The van der Waals surface area contributed by atoms with Gasteiger partial charge in [0, 0.05) is 16.4 Å². The maximum absolute atomic E-state index is 6.13. The molecule has 0 aliphatic carbocycles. The standard InChI is InChI=1S/C18H18ClN5/c1-3-13-5-8-14(9-6-13)21-17-11-20-24-18(23-17)22-15-7-4-12(2)16(19)10-15/h4-11H,3H2,1-2H3,(H2,21,22,23,24).